The van der Waals surface area contributed by atoms with Crippen LogP contribution < -0.4 is 4.57 Å². The average Bonchev–Trinajstić information content (AvgIpc) is 3.38. The van der Waals surface area contributed by atoms with Crippen LogP contribution in [0, 0.1) is 13.8 Å². The molecule has 0 atom stereocenters. The number of hydrogen-bond donors (Lipinski definition) is 0. The Morgan fingerprint density at radius 3 is 2.44 bits per heavy atom. The summed E-state index contributed by atoms with van der Waals surface area (Å²) in [6.07, 6.45) is 3.51. The van der Waals surface area contributed by atoms with Gasteiger partial charge in [-0.2, -0.15) is 4.57 Å². The van der Waals surface area contributed by atoms with Crippen LogP contribution in [0.25, 0.3) is 43.8 Å². The molecule has 0 spiro atoms. The van der Waals surface area contributed by atoms with Gasteiger partial charge in [-0.25, -0.2) is 0 Å². The normalized spacial score (nSPS) is 14.1. The average molecular weight is 421 g/mol. The van der Waals surface area contributed by atoms with E-state index in [0.717, 1.165) is 23.9 Å². The molecule has 0 fully saturated rings. The molecule has 1 aliphatic rings. The second kappa shape index (κ2) is 6.93. The zero-order valence-electron chi connectivity index (χ0n) is 20.7. The van der Waals surface area contributed by atoms with Gasteiger partial charge in [-0.05, 0) is 86.4 Å². The van der Waals surface area contributed by atoms with Crippen molar-refractivity contribution in [2.75, 3.05) is 0 Å². The summed E-state index contributed by atoms with van der Waals surface area (Å²) in [5, 5.41) is 4.94. The molecule has 2 aromatic heterocycles. The van der Waals surface area contributed by atoms with Crippen molar-refractivity contribution in [2.24, 2.45) is 7.05 Å². The molecule has 0 saturated carbocycles. The molecule has 2 nitrogen and oxygen atoms in total. The first kappa shape index (κ1) is 18.4. The predicted molar refractivity (Wildman–Crippen MR) is 135 cm³/mol. The Bertz CT molecular complexity index is 1600. The maximum absolute atomic E-state index is 8.87. The lowest BCUT2D eigenvalue weighted by Crippen LogP contribution is -2.35. The van der Waals surface area contributed by atoms with Crippen molar-refractivity contribution < 1.29 is 5.94 Å². The number of rotatable bonds is 2. The summed E-state index contributed by atoms with van der Waals surface area (Å²) in [7, 11) is 2.12. The second-order valence-electron chi connectivity index (χ2n) is 9.80. The molecule has 3 aromatic carbocycles. The van der Waals surface area contributed by atoms with Crippen molar-refractivity contribution in [3.8, 4) is 11.3 Å². The molecule has 160 valence electrons. The lowest BCUT2D eigenvalue weighted by molar-refractivity contribution is -0.665. The largest absolute Gasteiger partial charge is 0.338 e. The van der Waals surface area contributed by atoms with Gasteiger partial charge < -0.3 is 4.57 Å². The van der Waals surface area contributed by atoms with Crippen LogP contribution in [0.2, 0.25) is 0 Å². The molecule has 1 aliphatic carbocycles. The molecular formula is C30H31N2+. The molecule has 0 aliphatic heterocycles. The Balaban J connectivity index is 1.76. The van der Waals surface area contributed by atoms with Crippen molar-refractivity contribution >= 4 is 32.6 Å². The van der Waals surface area contributed by atoms with Gasteiger partial charge in [-0.3, -0.25) is 0 Å². The van der Waals surface area contributed by atoms with E-state index in [1.807, 2.05) is 0 Å². The minimum atomic E-state index is 0.370. The van der Waals surface area contributed by atoms with E-state index in [-0.39, 0.29) is 0 Å². The summed E-state index contributed by atoms with van der Waals surface area (Å²) in [5.41, 5.74) is 10.3. The smallest absolute Gasteiger partial charge is 0.220 e. The molecule has 2 heterocycles. The van der Waals surface area contributed by atoms with E-state index < -0.39 is 0 Å². The van der Waals surface area contributed by atoms with Gasteiger partial charge in [-0.1, -0.05) is 24.3 Å². The minimum absolute atomic E-state index is 0.370. The highest BCUT2D eigenvalue weighted by Gasteiger charge is 2.24. The molecule has 2 heteroatoms. The molecule has 0 N–H and O–H groups in total. The number of hydrogen-bond acceptors (Lipinski definition) is 0. The maximum Gasteiger partial charge on any atom is 0.220 e. The molecule has 0 amide bonds. The minimum Gasteiger partial charge on any atom is -0.338 e. The quantitative estimate of drug-likeness (QED) is 0.269. The SMILES string of the molecule is [2H]c1c(C)[n+](C)c(-c2cc3c(cc2C)c2ccccc2n3C(C)C)c2cc3c(cc12)CCC3. The lowest BCUT2D eigenvalue weighted by atomic mass is 9.94. The highest BCUT2D eigenvalue weighted by atomic mass is 15.0. The van der Waals surface area contributed by atoms with Gasteiger partial charge in [0, 0.05) is 35.3 Å². The highest BCUT2D eigenvalue weighted by Crippen LogP contribution is 2.38. The van der Waals surface area contributed by atoms with E-state index in [2.05, 4.69) is 92.4 Å². The van der Waals surface area contributed by atoms with E-state index in [4.69, 9.17) is 1.37 Å². The van der Waals surface area contributed by atoms with Crippen LogP contribution in [-0.2, 0) is 19.9 Å². The fourth-order valence-electron chi connectivity index (χ4n) is 5.84. The number of benzene rings is 3. The summed E-state index contributed by atoms with van der Waals surface area (Å²) >= 11 is 0. The first-order chi connectivity index (χ1) is 15.9. The summed E-state index contributed by atoms with van der Waals surface area (Å²) in [6.45, 7) is 8.85. The first-order valence-corrected chi connectivity index (χ1v) is 11.8. The van der Waals surface area contributed by atoms with Gasteiger partial charge in [0.25, 0.3) is 0 Å². The fourth-order valence-corrected chi connectivity index (χ4v) is 5.84. The lowest BCUT2D eigenvalue weighted by Gasteiger charge is -2.14. The number of aryl methyl sites for hydroxylation is 3. The predicted octanol–water partition coefficient (Wildman–Crippen LogP) is 7.13. The van der Waals surface area contributed by atoms with Gasteiger partial charge in [0.05, 0.1) is 17.8 Å². The van der Waals surface area contributed by atoms with Crippen LogP contribution in [0.4, 0.5) is 0 Å². The highest BCUT2D eigenvalue weighted by molar-refractivity contribution is 6.10. The number of aromatic nitrogens is 2. The van der Waals surface area contributed by atoms with Crippen molar-refractivity contribution in [3.05, 3.63) is 77.0 Å². The molecule has 0 unspecified atom stereocenters. The van der Waals surface area contributed by atoms with Crippen LogP contribution in [0.15, 0.2) is 54.6 Å². The molecule has 0 bridgehead atoms. The maximum atomic E-state index is 8.87. The first-order valence-electron chi connectivity index (χ1n) is 12.3. The third kappa shape index (κ3) is 2.68. The van der Waals surface area contributed by atoms with Gasteiger partial charge in [0.2, 0.25) is 5.69 Å². The number of nitrogens with zero attached hydrogens (tertiary/aromatic N) is 2. The monoisotopic (exact) mass is 420 g/mol. The standard InChI is InChI=1S/C30H31N2/c1-18(2)32-28-12-7-6-11-24(28)27-13-19(3)25(17-29(27)32)30-26-16-22-10-8-9-21(22)15-23(26)14-20(4)31(30)5/h6-7,11-18H,8-10H2,1-5H3/q+1/i14D. The summed E-state index contributed by atoms with van der Waals surface area (Å²) in [5.74, 6) is 0. The third-order valence-corrected chi connectivity index (χ3v) is 7.47. The topological polar surface area (TPSA) is 8.81 Å². The summed E-state index contributed by atoms with van der Waals surface area (Å²) in [6, 6.07) is 19.2. The zero-order chi connectivity index (χ0) is 23.0. The number of para-hydroxylation sites is 1. The van der Waals surface area contributed by atoms with E-state index in [1.54, 1.807) is 0 Å². The van der Waals surface area contributed by atoms with Crippen molar-refractivity contribution in [1.29, 1.82) is 0 Å². The Labute approximate surface area is 191 Å². The van der Waals surface area contributed by atoms with Crippen molar-refractivity contribution in [1.82, 2.24) is 4.57 Å². The molecule has 32 heavy (non-hydrogen) atoms. The van der Waals surface area contributed by atoms with E-state index >= 15 is 0 Å². The van der Waals surface area contributed by atoms with Gasteiger partial charge in [0.15, 0.2) is 5.69 Å². The van der Waals surface area contributed by atoms with E-state index in [9.17, 15) is 0 Å². The zero-order valence-corrected chi connectivity index (χ0v) is 19.7. The van der Waals surface area contributed by atoms with Crippen LogP contribution in [0.1, 0.15) is 50.1 Å². The molecular weight excluding hydrogens is 388 g/mol. The van der Waals surface area contributed by atoms with E-state index in [1.165, 1.54) is 61.6 Å². The van der Waals surface area contributed by atoms with Gasteiger partial charge >= 0.3 is 0 Å². The van der Waals surface area contributed by atoms with E-state index in [0.29, 0.717) is 12.1 Å². The molecule has 6 rings (SSSR count). The number of pyridine rings is 1. The van der Waals surface area contributed by atoms with Crippen molar-refractivity contribution in [3.63, 3.8) is 0 Å². The Morgan fingerprint density at radius 1 is 0.906 bits per heavy atom. The summed E-state index contributed by atoms with van der Waals surface area (Å²) in [4.78, 5) is 0. The number of fused-ring (bicyclic) bond motifs is 5. The molecule has 0 saturated heterocycles. The third-order valence-electron chi connectivity index (χ3n) is 7.47. The Kier molecular flexibility index (Phi) is 4.00. The van der Waals surface area contributed by atoms with Crippen LogP contribution in [-0.4, -0.2) is 4.57 Å². The van der Waals surface area contributed by atoms with Gasteiger partial charge in [0.1, 0.15) is 7.05 Å². The fraction of sp³-hybridized carbons (Fsp3) is 0.300. The molecule has 5 aromatic rings. The van der Waals surface area contributed by atoms with Crippen molar-refractivity contribution in [2.45, 2.75) is 53.0 Å². The van der Waals surface area contributed by atoms with Crippen LogP contribution in [0.3, 0.4) is 0 Å². The van der Waals surface area contributed by atoms with Crippen LogP contribution >= 0.6 is 0 Å². The van der Waals surface area contributed by atoms with Gasteiger partial charge in [-0.15, -0.1) is 0 Å². The second-order valence-corrected chi connectivity index (χ2v) is 9.80. The Hall–Kier alpha value is -3.13. The van der Waals surface area contributed by atoms with Crippen LogP contribution in [0.5, 0.6) is 0 Å². The molecule has 0 radical (unpaired) electrons. The Morgan fingerprint density at radius 2 is 1.66 bits per heavy atom. The summed E-state index contributed by atoms with van der Waals surface area (Å²) < 4.78 is 13.6.